The van der Waals surface area contributed by atoms with Crippen LogP contribution >= 0.6 is 23.2 Å². The molecule has 0 fully saturated rings. The van der Waals surface area contributed by atoms with Crippen molar-refractivity contribution in [3.63, 3.8) is 0 Å². The first-order chi connectivity index (χ1) is 16.1. The molecule has 0 bridgehead atoms. The van der Waals surface area contributed by atoms with E-state index in [-0.39, 0.29) is 24.8 Å². The van der Waals surface area contributed by atoms with Crippen LogP contribution in [0.25, 0.3) is 0 Å². The van der Waals surface area contributed by atoms with Gasteiger partial charge in [-0.2, -0.15) is 0 Å². The highest BCUT2D eigenvalue weighted by atomic mass is 35.5. The Balaban J connectivity index is 1.95. The molecule has 184 valence electrons. The molecule has 1 heterocycles. The number of benzene rings is 2. The number of likely N-dealkylation sites (N-methyl/N-ethyl adjacent to an activating group) is 1. The molecule has 0 saturated heterocycles. The molecule has 0 saturated carbocycles. The lowest BCUT2D eigenvalue weighted by molar-refractivity contribution is -0.139. The average molecular weight is 530 g/mol. The Kier molecular flexibility index (Phi) is 8.17. The standard InChI is InChI=1S/C22H25Cl2N3O6S/c1-4-34(30,31)27(16-6-8-19-20(10-16)33-13-32-19)12-21(28)26(14(2)22(29)25-3)11-15-5-7-17(23)18(24)9-15/h5-10,14H,4,11-13H2,1-3H3,(H,25,29)/t14-/m0/s1. The molecule has 2 aromatic rings. The van der Waals surface area contributed by atoms with Gasteiger partial charge in [-0.25, -0.2) is 8.42 Å². The highest BCUT2D eigenvalue weighted by Crippen LogP contribution is 2.36. The fraction of sp³-hybridized carbons (Fsp3) is 0.364. The van der Waals surface area contributed by atoms with E-state index in [2.05, 4.69) is 5.32 Å². The molecule has 0 radical (unpaired) electrons. The minimum absolute atomic E-state index is 0.0193. The quantitative estimate of drug-likeness (QED) is 0.535. The van der Waals surface area contributed by atoms with Crippen molar-refractivity contribution in [3.05, 3.63) is 52.0 Å². The maximum atomic E-state index is 13.5. The number of hydrogen-bond donors (Lipinski definition) is 1. The van der Waals surface area contributed by atoms with Crippen LogP contribution in [0.2, 0.25) is 10.0 Å². The first kappa shape index (κ1) is 25.9. The van der Waals surface area contributed by atoms with Gasteiger partial charge >= 0.3 is 0 Å². The lowest BCUT2D eigenvalue weighted by Crippen LogP contribution is -2.50. The number of nitrogens with zero attached hydrogens (tertiary/aromatic N) is 2. The molecule has 0 aromatic heterocycles. The van der Waals surface area contributed by atoms with Gasteiger partial charge in [0.25, 0.3) is 0 Å². The van der Waals surface area contributed by atoms with E-state index in [1.165, 1.54) is 24.9 Å². The summed E-state index contributed by atoms with van der Waals surface area (Å²) in [7, 11) is -2.39. The number of carbonyl (C=O) groups excluding carboxylic acids is 2. The molecule has 1 atom stereocenters. The Labute approximate surface area is 208 Å². The summed E-state index contributed by atoms with van der Waals surface area (Å²) < 4.78 is 37.5. The van der Waals surface area contributed by atoms with Gasteiger partial charge in [0.05, 0.1) is 21.5 Å². The number of hydrogen-bond acceptors (Lipinski definition) is 6. The maximum Gasteiger partial charge on any atom is 0.244 e. The van der Waals surface area contributed by atoms with Crippen molar-refractivity contribution >= 4 is 50.7 Å². The lowest BCUT2D eigenvalue weighted by atomic mass is 10.1. The van der Waals surface area contributed by atoms with Crippen LogP contribution in [-0.4, -0.2) is 57.3 Å². The summed E-state index contributed by atoms with van der Waals surface area (Å²) in [6.07, 6.45) is 0. The van der Waals surface area contributed by atoms with Gasteiger partial charge < -0.3 is 19.7 Å². The van der Waals surface area contributed by atoms with Gasteiger partial charge in [-0.1, -0.05) is 29.3 Å². The molecule has 34 heavy (non-hydrogen) atoms. The normalized spacial score (nSPS) is 13.3. The Morgan fingerprint density at radius 3 is 2.44 bits per heavy atom. The number of sulfonamides is 1. The highest BCUT2D eigenvalue weighted by molar-refractivity contribution is 7.92. The van der Waals surface area contributed by atoms with Crippen LogP contribution < -0.4 is 19.1 Å². The van der Waals surface area contributed by atoms with Crippen molar-refractivity contribution in [1.82, 2.24) is 10.2 Å². The van der Waals surface area contributed by atoms with Crippen LogP contribution in [0.15, 0.2) is 36.4 Å². The zero-order valence-corrected chi connectivity index (χ0v) is 21.2. The number of fused-ring (bicyclic) bond motifs is 1. The predicted octanol–water partition coefficient (Wildman–Crippen LogP) is 3.04. The summed E-state index contributed by atoms with van der Waals surface area (Å²) in [5.74, 6) is -0.337. The van der Waals surface area contributed by atoms with Gasteiger partial charge in [0.15, 0.2) is 11.5 Å². The number of nitrogens with one attached hydrogen (secondary N) is 1. The van der Waals surface area contributed by atoms with Crippen LogP contribution in [0.4, 0.5) is 5.69 Å². The Bertz CT molecular complexity index is 1190. The molecule has 0 spiro atoms. The molecular formula is C22H25Cl2N3O6S. The molecule has 3 rings (SSSR count). The van der Waals surface area contributed by atoms with Gasteiger partial charge in [0, 0.05) is 19.7 Å². The van der Waals surface area contributed by atoms with Crippen LogP contribution in [0, 0.1) is 0 Å². The second kappa shape index (κ2) is 10.7. The SMILES string of the molecule is CCS(=O)(=O)N(CC(=O)N(Cc1ccc(Cl)c(Cl)c1)[C@@H](C)C(=O)NC)c1ccc2c(c1)OCO2. The summed E-state index contributed by atoms with van der Waals surface area (Å²) in [6.45, 7) is 2.58. The van der Waals surface area contributed by atoms with E-state index in [1.54, 1.807) is 37.3 Å². The van der Waals surface area contributed by atoms with E-state index in [4.69, 9.17) is 32.7 Å². The minimum atomic E-state index is -3.85. The first-order valence-electron chi connectivity index (χ1n) is 10.4. The number of ether oxygens (including phenoxy) is 2. The summed E-state index contributed by atoms with van der Waals surface area (Å²) in [5, 5.41) is 3.17. The minimum Gasteiger partial charge on any atom is -0.454 e. The summed E-state index contributed by atoms with van der Waals surface area (Å²) in [6, 6.07) is 8.62. The maximum absolute atomic E-state index is 13.5. The largest absolute Gasteiger partial charge is 0.454 e. The Hall–Kier alpha value is -2.69. The Morgan fingerprint density at radius 2 is 1.79 bits per heavy atom. The second-order valence-corrected chi connectivity index (χ2v) is 10.5. The third-order valence-corrected chi connectivity index (χ3v) is 7.85. The van der Waals surface area contributed by atoms with Gasteiger partial charge in [-0.15, -0.1) is 0 Å². The summed E-state index contributed by atoms with van der Waals surface area (Å²) in [4.78, 5) is 27.2. The number of anilines is 1. The summed E-state index contributed by atoms with van der Waals surface area (Å²) in [5.41, 5.74) is 0.882. The van der Waals surface area contributed by atoms with Gasteiger partial charge in [-0.3, -0.25) is 13.9 Å². The molecular weight excluding hydrogens is 505 g/mol. The van der Waals surface area contributed by atoms with Gasteiger partial charge in [0.1, 0.15) is 12.6 Å². The van der Waals surface area contributed by atoms with E-state index < -0.39 is 34.4 Å². The van der Waals surface area contributed by atoms with E-state index >= 15 is 0 Å². The topological polar surface area (TPSA) is 105 Å². The summed E-state index contributed by atoms with van der Waals surface area (Å²) >= 11 is 12.1. The number of rotatable bonds is 9. The molecule has 1 N–H and O–H groups in total. The molecule has 0 unspecified atom stereocenters. The third kappa shape index (κ3) is 5.68. The fourth-order valence-electron chi connectivity index (χ4n) is 3.39. The van der Waals surface area contributed by atoms with Crippen molar-refractivity contribution in [3.8, 4) is 11.5 Å². The van der Waals surface area contributed by atoms with Crippen LogP contribution in [0.3, 0.4) is 0 Å². The van der Waals surface area contributed by atoms with E-state index in [9.17, 15) is 18.0 Å². The molecule has 1 aliphatic rings. The van der Waals surface area contributed by atoms with Crippen LogP contribution in [0.1, 0.15) is 19.4 Å². The highest BCUT2D eigenvalue weighted by Gasteiger charge is 2.31. The van der Waals surface area contributed by atoms with Crippen molar-refractivity contribution in [2.24, 2.45) is 0 Å². The molecule has 2 aromatic carbocycles. The van der Waals surface area contributed by atoms with Crippen molar-refractivity contribution < 1.29 is 27.5 Å². The molecule has 2 amide bonds. The number of halogens is 2. The lowest BCUT2D eigenvalue weighted by Gasteiger charge is -2.31. The van der Waals surface area contributed by atoms with Crippen LogP contribution in [0.5, 0.6) is 11.5 Å². The van der Waals surface area contributed by atoms with Crippen LogP contribution in [-0.2, 0) is 26.2 Å². The molecule has 0 aliphatic carbocycles. The van der Waals surface area contributed by atoms with E-state index in [0.29, 0.717) is 27.1 Å². The number of amides is 2. The smallest absolute Gasteiger partial charge is 0.244 e. The zero-order valence-electron chi connectivity index (χ0n) is 18.9. The van der Waals surface area contributed by atoms with Gasteiger partial charge in [-0.05, 0) is 43.7 Å². The number of carbonyl (C=O) groups is 2. The third-order valence-electron chi connectivity index (χ3n) is 5.37. The van der Waals surface area contributed by atoms with Crippen molar-refractivity contribution in [1.29, 1.82) is 0 Å². The van der Waals surface area contributed by atoms with Crippen molar-refractivity contribution in [2.45, 2.75) is 26.4 Å². The molecule has 12 heteroatoms. The fourth-order valence-corrected chi connectivity index (χ4v) is 4.76. The predicted molar refractivity (Wildman–Crippen MR) is 130 cm³/mol. The van der Waals surface area contributed by atoms with Gasteiger partial charge in [0.2, 0.25) is 28.6 Å². The second-order valence-electron chi connectivity index (χ2n) is 7.51. The monoisotopic (exact) mass is 529 g/mol. The van der Waals surface area contributed by atoms with E-state index in [1.807, 2.05) is 0 Å². The van der Waals surface area contributed by atoms with E-state index in [0.717, 1.165) is 4.31 Å². The first-order valence-corrected chi connectivity index (χ1v) is 12.8. The molecule has 9 nitrogen and oxygen atoms in total. The van der Waals surface area contributed by atoms with Crippen molar-refractivity contribution in [2.75, 3.05) is 30.4 Å². The zero-order chi connectivity index (χ0) is 25.0. The Morgan fingerprint density at radius 1 is 1.09 bits per heavy atom. The molecule has 1 aliphatic heterocycles. The average Bonchev–Trinajstić information content (AvgIpc) is 3.29.